The molecule has 2 aromatic carbocycles. The molecular weight excluding hydrogens is 327 g/mol. The van der Waals surface area contributed by atoms with Crippen LogP contribution in [0, 0.1) is 5.82 Å². The van der Waals surface area contributed by atoms with Crippen molar-refractivity contribution in [2.75, 3.05) is 5.32 Å². The molecule has 98 valence electrons. The minimum absolute atomic E-state index is 0.247. The van der Waals surface area contributed by atoms with Gasteiger partial charge in [0, 0.05) is 22.3 Å². The van der Waals surface area contributed by atoms with Gasteiger partial charge in [0.25, 0.3) is 0 Å². The molecule has 2 rings (SSSR count). The zero-order valence-electron chi connectivity index (χ0n) is 9.99. The Morgan fingerprint density at radius 3 is 2.68 bits per heavy atom. The smallest absolute Gasteiger partial charge is 0.123 e. The molecule has 0 fully saturated rings. The van der Waals surface area contributed by atoms with Gasteiger partial charge in [-0.2, -0.15) is 0 Å². The molecule has 0 saturated heterocycles. The van der Waals surface area contributed by atoms with Crippen molar-refractivity contribution in [1.82, 2.24) is 0 Å². The highest BCUT2D eigenvalue weighted by Crippen LogP contribution is 2.25. The van der Waals surface area contributed by atoms with E-state index in [2.05, 4.69) is 21.2 Å². The van der Waals surface area contributed by atoms with E-state index in [-0.39, 0.29) is 5.82 Å². The maximum Gasteiger partial charge on any atom is 0.123 e. The highest BCUT2D eigenvalue weighted by atomic mass is 79.9. The number of benzene rings is 2. The number of anilines is 1. The molecule has 19 heavy (non-hydrogen) atoms. The summed E-state index contributed by atoms with van der Waals surface area (Å²) in [5.41, 5.74) is 8.15. The summed E-state index contributed by atoms with van der Waals surface area (Å²) in [6, 6.07) is 12.1. The van der Waals surface area contributed by atoms with Gasteiger partial charge in [0.2, 0.25) is 0 Å². The van der Waals surface area contributed by atoms with E-state index in [1.807, 2.05) is 24.3 Å². The van der Waals surface area contributed by atoms with Gasteiger partial charge in [0.1, 0.15) is 10.8 Å². The van der Waals surface area contributed by atoms with Crippen LogP contribution in [0.1, 0.15) is 11.1 Å². The van der Waals surface area contributed by atoms with Crippen LogP contribution >= 0.6 is 28.1 Å². The fourth-order valence-corrected chi connectivity index (χ4v) is 2.70. The third-order valence-corrected chi connectivity index (χ3v) is 3.50. The van der Waals surface area contributed by atoms with Gasteiger partial charge in [-0.3, -0.25) is 0 Å². The molecule has 0 atom stereocenters. The van der Waals surface area contributed by atoms with Gasteiger partial charge in [-0.15, -0.1) is 0 Å². The number of hydrogen-bond donors (Lipinski definition) is 2. The van der Waals surface area contributed by atoms with Gasteiger partial charge in [0.15, 0.2) is 0 Å². The molecule has 0 unspecified atom stereocenters. The highest BCUT2D eigenvalue weighted by molar-refractivity contribution is 9.10. The molecule has 0 spiro atoms. The first kappa shape index (κ1) is 14.0. The molecule has 0 amide bonds. The molecule has 2 nitrogen and oxygen atoms in total. The number of thiocarbonyl (C=S) groups is 1. The normalized spacial score (nSPS) is 10.2. The summed E-state index contributed by atoms with van der Waals surface area (Å²) in [5, 5.41) is 3.21. The van der Waals surface area contributed by atoms with Crippen LogP contribution < -0.4 is 11.1 Å². The Hall–Kier alpha value is -1.46. The van der Waals surface area contributed by atoms with E-state index in [1.165, 1.54) is 12.1 Å². The SMILES string of the molecule is NC(=S)c1c(Br)cccc1NCc1cccc(F)c1. The van der Waals surface area contributed by atoms with Crippen LogP contribution in [0.15, 0.2) is 46.9 Å². The number of nitrogens with one attached hydrogen (secondary N) is 1. The average molecular weight is 339 g/mol. The fraction of sp³-hybridized carbons (Fsp3) is 0.0714. The maximum atomic E-state index is 13.1. The third kappa shape index (κ3) is 3.52. The fourth-order valence-electron chi connectivity index (χ4n) is 1.77. The molecule has 0 aliphatic heterocycles. The van der Waals surface area contributed by atoms with Gasteiger partial charge < -0.3 is 11.1 Å². The Labute approximate surface area is 124 Å². The van der Waals surface area contributed by atoms with E-state index in [4.69, 9.17) is 18.0 Å². The first-order chi connectivity index (χ1) is 9.08. The Morgan fingerprint density at radius 1 is 1.26 bits per heavy atom. The molecule has 0 aromatic heterocycles. The van der Waals surface area contributed by atoms with Crippen LogP contribution in [-0.2, 0) is 6.54 Å². The topological polar surface area (TPSA) is 38.0 Å². The molecule has 3 N–H and O–H groups in total. The van der Waals surface area contributed by atoms with Crippen molar-refractivity contribution in [2.45, 2.75) is 6.54 Å². The average Bonchev–Trinajstić information content (AvgIpc) is 2.36. The summed E-state index contributed by atoms with van der Waals surface area (Å²) < 4.78 is 13.9. The van der Waals surface area contributed by atoms with Crippen LogP contribution in [0.4, 0.5) is 10.1 Å². The molecule has 2 aromatic rings. The third-order valence-electron chi connectivity index (χ3n) is 2.63. The van der Waals surface area contributed by atoms with E-state index in [1.54, 1.807) is 6.07 Å². The van der Waals surface area contributed by atoms with Crippen LogP contribution in [0.5, 0.6) is 0 Å². The largest absolute Gasteiger partial charge is 0.389 e. The van der Waals surface area contributed by atoms with Crippen molar-refractivity contribution in [3.8, 4) is 0 Å². The Bertz CT molecular complexity index is 616. The highest BCUT2D eigenvalue weighted by Gasteiger charge is 2.09. The zero-order chi connectivity index (χ0) is 13.8. The monoisotopic (exact) mass is 338 g/mol. The van der Waals surface area contributed by atoms with Crippen molar-refractivity contribution >= 4 is 38.8 Å². The minimum Gasteiger partial charge on any atom is -0.389 e. The number of hydrogen-bond acceptors (Lipinski definition) is 2. The Balaban J connectivity index is 2.20. The summed E-state index contributed by atoms with van der Waals surface area (Å²) in [5.74, 6) is -0.247. The lowest BCUT2D eigenvalue weighted by molar-refractivity contribution is 0.626. The first-order valence-electron chi connectivity index (χ1n) is 5.64. The molecule has 0 heterocycles. The van der Waals surface area contributed by atoms with Crippen LogP contribution in [-0.4, -0.2) is 4.99 Å². The van der Waals surface area contributed by atoms with E-state index in [0.29, 0.717) is 11.5 Å². The molecular formula is C14H12BrFN2S. The van der Waals surface area contributed by atoms with Crippen molar-refractivity contribution in [2.24, 2.45) is 5.73 Å². The number of halogens is 2. The summed E-state index contributed by atoms with van der Waals surface area (Å²) >= 11 is 8.45. The van der Waals surface area contributed by atoms with Crippen LogP contribution in [0.2, 0.25) is 0 Å². The molecule has 5 heteroatoms. The van der Waals surface area contributed by atoms with Gasteiger partial charge in [-0.25, -0.2) is 4.39 Å². The van der Waals surface area contributed by atoms with E-state index < -0.39 is 0 Å². The lowest BCUT2D eigenvalue weighted by Gasteiger charge is -2.12. The second-order valence-corrected chi connectivity index (χ2v) is 5.30. The van der Waals surface area contributed by atoms with Gasteiger partial charge in [0.05, 0.1) is 0 Å². The zero-order valence-corrected chi connectivity index (χ0v) is 12.4. The summed E-state index contributed by atoms with van der Waals surface area (Å²) in [4.78, 5) is 0.314. The van der Waals surface area contributed by atoms with Crippen LogP contribution in [0.25, 0.3) is 0 Å². The Kier molecular flexibility index (Phi) is 4.50. The number of rotatable bonds is 4. The van der Waals surface area contributed by atoms with Crippen molar-refractivity contribution < 1.29 is 4.39 Å². The van der Waals surface area contributed by atoms with E-state index >= 15 is 0 Å². The lowest BCUT2D eigenvalue weighted by Crippen LogP contribution is -2.14. The first-order valence-corrected chi connectivity index (χ1v) is 6.84. The molecule has 0 aliphatic carbocycles. The quantitative estimate of drug-likeness (QED) is 0.832. The molecule has 0 saturated carbocycles. The Morgan fingerprint density at radius 2 is 2.00 bits per heavy atom. The summed E-state index contributed by atoms with van der Waals surface area (Å²) in [6.45, 7) is 0.504. The predicted octanol–water partition coefficient (Wildman–Crippen LogP) is 3.83. The van der Waals surface area contributed by atoms with Gasteiger partial charge >= 0.3 is 0 Å². The van der Waals surface area contributed by atoms with E-state index in [9.17, 15) is 4.39 Å². The van der Waals surface area contributed by atoms with Crippen molar-refractivity contribution in [1.29, 1.82) is 0 Å². The number of nitrogens with two attached hydrogens (primary N) is 1. The second kappa shape index (κ2) is 6.12. The maximum absolute atomic E-state index is 13.1. The summed E-state index contributed by atoms with van der Waals surface area (Å²) in [7, 11) is 0. The van der Waals surface area contributed by atoms with Gasteiger partial charge in [-0.1, -0.05) is 30.4 Å². The lowest BCUT2D eigenvalue weighted by atomic mass is 10.1. The van der Waals surface area contributed by atoms with Crippen molar-refractivity contribution in [3.05, 3.63) is 63.9 Å². The standard InChI is InChI=1S/C14H12BrFN2S/c15-11-5-2-6-12(13(11)14(17)19)18-8-9-3-1-4-10(16)7-9/h1-7,18H,8H2,(H2,17,19). The van der Waals surface area contributed by atoms with E-state index in [0.717, 1.165) is 21.3 Å². The predicted molar refractivity (Wildman–Crippen MR) is 83.8 cm³/mol. The molecule has 0 bridgehead atoms. The molecule has 0 radical (unpaired) electrons. The van der Waals surface area contributed by atoms with Crippen molar-refractivity contribution in [3.63, 3.8) is 0 Å². The molecule has 0 aliphatic rings. The van der Waals surface area contributed by atoms with Crippen LogP contribution in [0.3, 0.4) is 0 Å². The minimum atomic E-state index is -0.247. The van der Waals surface area contributed by atoms with Gasteiger partial charge in [-0.05, 0) is 45.8 Å². The summed E-state index contributed by atoms with van der Waals surface area (Å²) in [6.07, 6.45) is 0. The second-order valence-electron chi connectivity index (χ2n) is 4.01.